The van der Waals surface area contributed by atoms with E-state index in [0.29, 0.717) is 33.5 Å². The Labute approximate surface area is 184 Å². The highest BCUT2D eigenvalue weighted by Crippen LogP contribution is 2.43. The Balaban J connectivity index is 2.01. The van der Waals surface area contributed by atoms with E-state index in [2.05, 4.69) is 5.32 Å². The third kappa shape index (κ3) is 3.51. The van der Waals surface area contributed by atoms with Crippen molar-refractivity contribution in [1.29, 1.82) is 0 Å². The van der Waals surface area contributed by atoms with Crippen molar-refractivity contribution < 1.29 is 14.3 Å². The first kappa shape index (κ1) is 20.3. The van der Waals surface area contributed by atoms with Crippen LogP contribution >= 0.6 is 23.2 Å². The van der Waals surface area contributed by atoms with Crippen LogP contribution in [0.25, 0.3) is 11.1 Å². The smallest absolute Gasteiger partial charge is 0.337 e. The van der Waals surface area contributed by atoms with Gasteiger partial charge in [0.15, 0.2) is 0 Å². The Morgan fingerprint density at radius 1 is 1.07 bits per heavy atom. The number of nitrogens with one attached hydrogen (secondary N) is 1. The first-order valence-electron chi connectivity index (χ1n) is 9.25. The molecule has 2 amide bonds. The fourth-order valence-electron chi connectivity index (χ4n) is 3.55. The molecule has 1 aliphatic rings. The van der Waals surface area contributed by atoms with Crippen molar-refractivity contribution in [1.82, 2.24) is 5.32 Å². The number of nitrogens with zero attached hydrogens (tertiary/aromatic N) is 1. The molecule has 3 aromatic rings. The molecule has 0 radical (unpaired) electrons. The molecule has 0 saturated carbocycles. The van der Waals surface area contributed by atoms with E-state index in [9.17, 15) is 9.59 Å². The highest BCUT2D eigenvalue weighted by molar-refractivity contribution is 6.40. The second-order valence-corrected chi connectivity index (χ2v) is 7.76. The summed E-state index contributed by atoms with van der Waals surface area (Å²) in [6.07, 6.45) is 0. The monoisotopic (exact) mass is 440 g/mol. The zero-order chi connectivity index (χ0) is 21.4. The Bertz CT molecular complexity index is 1140. The van der Waals surface area contributed by atoms with E-state index in [1.165, 1.54) is 12.0 Å². The molecule has 0 bridgehead atoms. The van der Waals surface area contributed by atoms with Gasteiger partial charge in [-0.2, -0.15) is 0 Å². The van der Waals surface area contributed by atoms with Gasteiger partial charge >= 0.3 is 12.0 Å². The molecule has 152 valence electrons. The minimum absolute atomic E-state index is 0.303. The lowest BCUT2D eigenvalue weighted by Gasteiger charge is -2.33. The molecule has 4 rings (SSSR count). The number of methoxy groups -OCH3 is 1. The van der Waals surface area contributed by atoms with Crippen LogP contribution in [0.5, 0.6) is 0 Å². The number of aryl methyl sites for hydroxylation is 1. The molecule has 0 saturated heterocycles. The molecule has 0 atom stereocenters. The van der Waals surface area contributed by atoms with Gasteiger partial charge in [-0.25, -0.2) is 9.59 Å². The van der Waals surface area contributed by atoms with Gasteiger partial charge in [0.1, 0.15) is 0 Å². The van der Waals surface area contributed by atoms with E-state index in [0.717, 1.165) is 22.3 Å². The minimum Gasteiger partial charge on any atom is -0.465 e. The highest BCUT2D eigenvalue weighted by Gasteiger charge is 2.31. The maximum atomic E-state index is 12.9. The topological polar surface area (TPSA) is 58.6 Å². The number of ether oxygens (including phenoxy) is 1. The van der Waals surface area contributed by atoms with Crippen LogP contribution in [0.1, 0.15) is 21.5 Å². The normalized spacial score (nSPS) is 12.9. The van der Waals surface area contributed by atoms with Gasteiger partial charge in [0, 0.05) is 12.1 Å². The molecule has 0 spiro atoms. The molecule has 5 nitrogen and oxygen atoms in total. The first-order chi connectivity index (χ1) is 14.4. The summed E-state index contributed by atoms with van der Waals surface area (Å²) in [4.78, 5) is 26.7. The van der Waals surface area contributed by atoms with Crippen molar-refractivity contribution in [2.45, 2.75) is 13.5 Å². The van der Waals surface area contributed by atoms with E-state index in [1.807, 2.05) is 31.2 Å². The lowest BCUT2D eigenvalue weighted by atomic mass is 9.93. The van der Waals surface area contributed by atoms with E-state index in [-0.39, 0.29) is 6.03 Å². The number of fused-ring (bicyclic) bond motifs is 1. The van der Waals surface area contributed by atoms with Crippen LogP contribution in [0.3, 0.4) is 0 Å². The molecule has 0 aliphatic carbocycles. The Hall–Kier alpha value is -3.02. The van der Waals surface area contributed by atoms with Crippen molar-refractivity contribution in [3.05, 3.63) is 81.3 Å². The summed E-state index contributed by atoms with van der Waals surface area (Å²) in [7, 11) is 1.32. The maximum absolute atomic E-state index is 12.9. The van der Waals surface area contributed by atoms with Crippen molar-refractivity contribution in [2.75, 3.05) is 12.0 Å². The fourth-order valence-corrected chi connectivity index (χ4v) is 4.11. The lowest BCUT2D eigenvalue weighted by Crippen LogP contribution is -2.41. The summed E-state index contributed by atoms with van der Waals surface area (Å²) in [5.41, 5.74) is 4.93. The van der Waals surface area contributed by atoms with Crippen molar-refractivity contribution in [2.24, 2.45) is 0 Å². The summed E-state index contributed by atoms with van der Waals surface area (Å²) in [5.74, 6) is -0.498. The highest BCUT2D eigenvalue weighted by atomic mass is 35.5. The summed E-state index contributed by atoms with van der Waals surface area (Å²) < 4.78 is 4.94. The molecular formula is C23H18Cl2N2O3. The van der Waals surface area contributed by atoms with Crippen LogP contribution in [-0.4, -0.2) is 19.1 Å². The summed E-state index contributed by atoms with van der Waals surface area (Å²) in [6, 6.07) is 16.0. The maximum Gasteiger partial charge on any atom is 0.337 e. The standard InChI is InChI=1S/C23H18Cl2N2O3/c1-13-6-8-14(9-7-13)16-10-15(22(28)30-2)11-20-17(16)12-26-23(29)27(20)21-18(24)4-3-5-19(21)25/h3-11H,12H2,1-2H3,(H,26,29). The molecule has 0 aromatic heterocycles. The van der Waals surface area contributed by atoms with Crippen LogP contribution in [0.15, 0.2) is 54.6 Å². The van der Waals surface area contributed by atoms with Gasteiger partial charge in [0.05, 0.1) is 34.1 Å². The number of carbonyl (C=O) groups is 2. The SMILES string of the molecule is COC(=O)c1cc(-c2ccc(C)cc2)c2c(c1)N(c1c(Cl)cccc1Cl)C(=O)NC2. The third-order valence-corrected chi connectivity index (χ3v) is 5.64. The van der Waals surface area contributed by atoms with Crippen LogP contribution < -0.4 is 10.2 Å². The van der Waals surface area contributed by atoms with Gasteiger partial charge in [-0.05, 0) is 42.3 Å². The number of carbonyl (C=O) groups excluding carboxylic acids is 2. The van der Waals surface area contributed by atoms with Gasteiger partial charge < -0.3 is 10.1 Å². The van der Waals surface area contributed by atoms with E-state index >= 15 is 0 Å². The number of esters is 1. The number of rotatable bonds is 3. The van der Waals surface area contributed by atoms with Crippen molar-refractivity contribution in [3.63, 3.8) is 0 Å². The number of urea groups is 1. The largest absolute Gasteiger partial charge is 0.465 e. The summed E-state index contributed by atoms with van der Waals surface area (Å²) in [5, 5.41) is 3.53. The summed E-state index contributed by atoms with van der Waals surface area (Å²) >= 11 is 12.8. The predicted octanol–water partition coefficient (Wildman–Crippen LogP) is 6.12. The number of para-hydroxylation sites is 1. The predicted molar refractivity (Wildman–Crippen MR) is 119 cm³/mol. The van der Waals surface area contributed by atoms with Gasteiger partial charge in [-0.1, -0.05) is 59.1 Å². The molecule has 30 heavy (non-hydrogen) atoms. The van der Waals surface area contributed by atoms with Crippen molar-refractivity contribution in [3.8, 4) is 11.1 Å². The molecule has 0 unspecified atom stereocenters. The number of hydrogen-bond donors (Lipinski definition) is 1. The Morgan fingerprint density at radius 3 is 2.37 bits per heavy atom. The van der Waals surface area contributed by atoms with E-state index in [4.69, 9.17) is 27.9 Å². The molecule has 3 aromatic carbocycles. The van der Waals surface area contributed by atoms with Crippen molar-refractivity contribution >= 4 is 46.6 Å². The molecule has 0 fully saturated rings. The van der Waals surface area contributed by atoms with Gasteiger partial charge in [-0.15, -0.1) is 0 Å². The zero-order valence-corrected chi connectivity index (χ0v) is 17.8. The average molecular weight is 441 g/mol. The van der Waals surface area contributed by atoms with Crippen LogP contribution in [0, 0.1) is 6.92 Å². The molecular weight excluding hydrogens is 423 g/mol. The molecule has 7 heteroatoms. The van der Waals surface area contributed by atoms with E-state index < -0.39 is 5.97 Å². The number of benzene rings is 3. The van der Waals surface area contributed by atoms with Crippen LogP contribution in [-0.2, 0) is 11.3 Å². The van der Waals surface area contributed by atoms with Gasteiger partial charge in [0.25, 0.3) is 0 Å². The van der Waals surface area contributed by atoms with Gasteiger partial charge in [-0.3, -0.25) is 4.90 Å². The second-order valence-electron chi connectivity index (χ2n) is 6.94. The third-order valence-electron chi connectivity index (χ3n) is 5.03. The fraction of sp³-hybridized carbons (Fsp3) is 0.130. The first-order valence-corrected chi connectivity index (χ1v) is 10.0. The second kappa shape index (κ2) is 8.01. The lowest BCUT2D eigenvalue weighted by molar-refractivity contribution is 0.0600. The summed E-state index contributed by atoms with van der Waals surface area (Å²) in [6.45, 7) is 2.31. The molecule has 1 heterocycles. The quantitative estimate of drug-likeness (QED) is 0.499. The number of hydrogen-bond acceptors (Lipinski definition) is 3. The van der Waals surface area contributed by atoms with Gasteiger partial charge in [0.2, 0.25) is 0 Å². The molecule has 1 N–H and O–H groups in total. The average Bonchev–Trinajstić information content (AvgIpc) is 2.74. The Kier molecular flexibility index (Phi) is 5.41. The minimum atomic E-state index is -0.498. The number of amides is 2. The molecule has 1 aliphatic heterocycles. The number of halogens is 2. The van der Waals surface area contributed by atoms with Crippen LogP contribution in [0.2, 0.25) is 10.0 Å². The van der Waals surface area contributed by atoms with E-state index in [1.54, 1.807) is 30.3 Å². The Morgan fingerprint density at radius 2 is 1.73 bits per heavy atom. The van der Waals surface area contributed by atoms with Crippen LogP contribution in [0.4, 0.5) is 16.2 Å². The zero-order valence-electron chi connectivity index (χ0n) is 16.3. The number of anilines is 2.